The maximum atomic E-state index is 12.7. The van der Waals surface area contributed by atoms with Gasteiger partial charge in [-0.25, -0.2) is 13.4 Å². The van der Waals surface area contributed by atoms with Crippen LogP contribution < -0.4 is 5.32 Å². The minimum absolute atomic E-state index is 0.190. The Kier molecular flexibility index (Phi) is 3.60. The van der Waals surface area contributed by atoms with Gasteiger partial charge in [-0.15, -0.1) is 0 Å². The first-order valence-corrected chi connectivity index (χ1v) is 8.73. The standard InChI is InChI=1S/C13H22N4O2S/c1-3-16-9-13(15-10(16)2)20(18,19)17-7-11-5-4-6-14-12(11)8-17/h9,11-12,14H,3-8H2,1-2H3. The zero-order valence-electron chi connectivity index (χ0n) is 12.0. The van der Waals surface area contributed by atoms with Crippen LogP contribution >= 0.6 is 0 Å². The lowest BCUT2D eigenvalue weighted by atomic mass is 9.94. The van der Waals surface area contributed by atoms with Crippen molar-refractivity contribution >= 4 is 10.0 Å². The molecular formula is C13H22N4O2S. The van der Waals surface area contributed by atoms with Crippen molar-refractivity contribution in [3.05, 3.63) is 12.0 Å². The predicted octanol–water partition coefficient (Wildman–Crippen LogP) is 0.584. The van der Waals surface area contributed by atoms with Crippen molar-refractivity contribution < 1.29 is 8.42 Å². The Bertz CT molecular complexity index is 582. The van der Waals surface area contributed by atoms with E-state index < -0.39 is 10.0 Å². The molecule has 2 saturated heterocycles. The Morgan fingerprint density at radius 2 is 2.25 bits per heavy atom. The molecule has 1 aromatic heterocycles. The fourth-order valence-electron chi connectivity index (χ4n) is 3.26. The normalized spacial score (nSPS) is 27.7. The summed E-state index contributed by atoms with van der Waals surface area (Å²) in [4.78, 5) is 4.23. The van der Waals surface area contributed by atoms with Crippen molar-refractivity contribution in [1.29, 1.82) is 0 Å². The molecule has 1 N–H and O–H groups in total. The molecule has 6 nitrogen and oxygen atoms in total. The zero-order valence-corrected chi connectivity index (χ0v) is 12.9. The van der Waals surface area contributed by atoms with Crippen LogP contribution in [0.2, 0.25) is 0 Å². The lowest BCUT2D eigenvalue weighted by Crippen LogP contribution is -2.41. The fourth-order valence-corrected chi connectivity index (χ4v) is 4.78. The van der Waals surface area contributed by atoms with E-state index in [2.05, 4.69) is 10.3 Å². The Labute approximate surface area is 120 Å². The second-order valence-corrected chi connectivity index (χ2v) is 7.58. The minimum atomic E-state index is -3.45. The summed E-state index contributed by atoms with van der Waals surface area (Å²) in [6.07, 6.45) is 3.91. The molecule has 0 aliphatic carbocycles. The predicted molar refractivity (Wildman–Crippen MR) is 75.9 cm³/mol. The quantitative estimate of drug-likeness (QED) is 0.886. The van der Waals surface area contributed by atoms with Gasteiger partial charge in [0.05, 0.1) is 0 Å². The van der Waals surface area contributed by atoms with Crippen LogP contribution in [0.5, 0.6) is 0 Å². The van der Waals surface area contributed by atoms with E-state index in [0.29, 0.717) is 25.0 Å². The van der Waals surface area contributed by atoms with Gasteiger partial charge in [-0.1, -0.05) is 0 Å². The second kappa shape index (κ2) is 5.13. The van der Waals surface area contributed by atoms with Gasteiger partial charge in [0, 0.05) is 31.9 Å². The third kappa shape index (κ3) is 2.27. The Morgan fingerprint density at radius 1 is 1.45 bits per heavy atom. The van der Waals surface area contributed by atoms with Crippen LogP contribution in [-0.4, -0.2) is 48.0 Å². The van der Waals surface area contributed by atoms with Gasteiger partial charge in [0.15, 0.2) is 5.03 Å². The number of imidazole rings is 1. The van der Waals surface area contributed by atoms with E-state index in [1.807, 2.05) is 18.4 Å². The number of hydrogen-bond donors (Lipinski definition) is 1. The number of fused-ring (bicyclic) bond motifs is 1. The lowest BCUT2D eigenvalue weighted by molar-refractivity contribution is 0.339. The zero-order chi connectivity index (χ0) is 14.3. The van der Waals surface area contributed by atoms with Crippen LogP contribution in [0.4, 0.5) is 0 Å². The first kappa shape index (κ1) is 14.0. The molecule has 2 fully saturated rings. The fraction of sp³-hybridized carbons (Fsp3) is 0.769. The van der Waals surface area contributed by atoms with Gasteiger partial charge in [-0.3, -0.25) is 0 Å². The molecule has 7 heteroatoms. The van der Waals surface area contributed by atoms with Gasteiger partial charge in [-0.05, 0) is 39.2 Å². The Balaban J connectivity index is 1.84. The average molecular weight is 298 g/mol. The van der Waals surface area contributed by atoms with Crippen molar-refractivity contribution in [2.45, 2.75) is 44.3 Å². The topological polar surface area (TPSA) is 67.2 Å². The maximum absolute atomic E-state index is 12.7. The Hall–Kier alpha value is -0.920. The molecule has 0 spiro atoms. The van der Waals surface area contributed by atoms with Crippen molar-refractivity contribution in [3.63, 3.8) is 0 Å². The highest BCUT2D eigenvalue weighted by molar-refractivity contribution is 7.89. The number of aryl methyl sites for hydroxylation is 2. The van der Waals surface area contributed by atoms with Crippen molar-refractivity contribution in [1.82, 2.24) is 19.2 Å². The van der Waals surface area contributed by atoms with E-state index in [1.54, 1.807) is 10.5 Å². The molecule has 0 saturated carbocycles. The van der Waals surface area contributed by atoms with Crippen molar-refractivity contribution in [3.8, 4) is 0 Å². The molecule has 0 aromatic carbocycles. The summed E-state index contributed by atoms with van der Waals surface area (Å²) in [6.45, 7) is 6.76. The highest BCUT2D eigenvalue weighted by atomic mass is 32.2. The maximum Gasteiger partial charge on any atom is 0.262 e. The summed E-state index contributed by atoms with van der Waals surface area (Å²) >= 11 is 0. The monoisotopic (exact) mass is 298 g/mol. The summed E-state index contributed by atoms with van der Waals surface area (Å²) in [6, 6.07) is 0.313. The number of nitrogens with zero attached hydrogens (tertiary/aromatic N) is 3. The average Bonchev–Trinajstić information content (AvgIpc) is 3.02. The van der Waals surface area contributed by atoms with E-state index in [9.17, 15) is 8.42 Å². The smallest absolute Gasteiger partial charge is 0.262 e. The van der Waals surface area contributed by atoms with Crippen LogP contribution in [0.25, 0.3) is 0 Å². The molecule has 2 unspecified atom stereocenters. The van der Waals surface area contributed by atoms with Crippen LogP contribution in [0, 0.1) is 12.8 Å². The van der Waals surface area contributed by atoms with Crippen molar-refractivity contribution in [2.24, 2.45) is 5.92 Å². The molecule has 112 valence electrons. The van der Waals surface area contributed by atoms with Gasteiger partial charge in [0.2, 0.25) is 0 Å². The molecular weight excluding hydrogens is 276 g/mol. The number of sulfonamides is 1. The van der Waals surface area contributed by atoms with E-state index in [-0.39, 0.29) is 5.03 Å². The number of nitrogens with one attached hydrogen (secondary N) is 1. The molecule has 2 aliphatic heterocycles. The summed E-state index contributed by atoms with van der Waals surface area (Å²) in [7, 11) is -3.45. The molecule has 2 atom stereocenters. The van der Waals surface area contributed by atoms with E-state index in [1.165, 1.54) is 0 Å². The third-order valence-electron chi connectivity index (χ3n) is 4.46. The molecule has 3 rings (SSSR count). The second-order valence-electron chi connectivity index (χ2n) is 5.70. The van der Waals surface area contributed by atoms with Gasteiger partial charge in [0.25, 0.3) is 10.0 Å². The molecule has 3 heterocycles. The molecule has 0 amide bonds. The third-order valence-corrected chi connectivity index (χ3v) is 6.17. The minimum Gasteiger partial charge on any atom is -0.334 e. The van der Waals surface area contributed by atoms with Crippen LogP contribution in [0.1, 0.15) is 25.6 Å². The number of piperidine rings is 1. The lowest BCUT2D eigenvalue weighted by Gasteiger charge is -2.24. The highest BCUT2D eigenvalue weighted by Gasteiger charge is 2.41. The summed E-state index contributed by atoms with van der Waals surface area (Å²) in [5.74, 6) is 1.20. The SMILES string of the molecule is CCn1cc(S(=O)(=O)N2CC3CCCNC3C2)nc1C. The molecule has 0 bridgehead atoms. The van der Waals surface area contributed by atoms with Crippen LogP contribution in [-0.2, 0) is 16.6 Å². The van der Waals surface area contributed by atoms with Gasteiger partial charge in [0.1, 0.15) is 5.82 Å². The summed E-state index contributed by atoms with van der Waals surface area (Å²) in [5, 5.41) is 3.62. The Morgan fingerprint density at radius 3 is 2.90 bits per heavy atom. The summed E-state index contributed by atoms with van der Waals surface area (Å²) < 4.78 is 28.8. The van der Waals surface area contributed by atoms with Gasteiger partial charge < -0.3 is 9.88 Å². The molecule has 0 radical (unpaired) electrons. The van der Waals surface area contributed by atoms with Gasteiger partial charge in [-0.2, -0.15) is 4.31 Å². The van der Waals surface area contributed by atoms with Crippen LogP contribution in [0.3, 0.4) is 0 Å². The number of rotatable bonds is 3. The molecule has 2 aliphatic rings. The first-order chi connectivity index (χ1) is 9.52. The molecule has 20 heavy (non-hydrogen) atoms. The molecule has 1 aromatic rings. The number of hydrogen-bond acceptors (Lipinski definition) is 4. The largest absolute Gasteiger partial charge is 0.334 e. The summed E-state index contributed by atoms with van der Waals surface area (Å²) in [5.41, 5.74) is 0. The highest BCUT2D eigenvalue weighted by Crippen LogP contribution is 2.29. The van der Waals surface area contributed by atoms with Crippen molar-refractivity contribution in [2.75, 3.05) is 19.6 Å². The van der Waals surface area contributed by atoms with E-state index >= 15 is 0 Å². The van der Waals surface area contributed by atoms with Crippen LogP contribution in [0.15, 0.2) is 11.2 Å². The van der Waals surface area contributed by atoms with Gasteiger partial charge >= 0.3 is 0 Å². The van der Waals surface area contributed by atoms with E-state index in [4.69, 9.17) is 0 Å². The first-order valence-electron chi connectivity index (χ1n) is 7.29. The number of aromatic nitrogens is 2. The van der Waals surface area contributed by atoms with E-state index in [0.717, 1.165) is 31.8 Å².